The molecule has 232 valence electrons. The topological polar surface area (TPSA) is 235 Å². The summed E-state index contributed by atoms with van der Waals surface area (Å²) in [6, 6.07) is 10.0. The molecular formula is C28H30O15. The summed E-state index contributed by atoms with van der Waals surface area (Å²) in [4.78, 5) is 24.6. The van der Waals surface area contributed by atoms with Crippen molar-refractivity contribution in [3.05, 3.63) is 52.7 Å². The van der Waals surface area contributed by atoms with Gasteiger partial charge in [-0.05, 0) is 31.2 Å². The minimum atomic E-state index is -2.02. The lowest BCUT2D eigenvalue weighted by molar-refractivity contribution is -0.351. The second-order valence-electron chi connectivity index (χ2n) is 10.2. The van der Waals surface area contributed by atoms with Gasteiger partial charge in [0.1, 0.15) is 64.5 Å². The molecule has 3 heterocycles. The molecule has 2 aliphatic heterocycles. The summed E-state index contributed by atoms with van der Waals surface area (Å²) in [5.41, 5.74) is -0.174. The average Bonchev–Trinajstić information content (AvgIpc) is 2.97. The van der Waals surface area contributed by atoms with Gasteiger partial charge in [-0.15, -0.1) is 0 Å². The second-order valence-corrected chi connectivity index (χ2v) is 10.2. The molecule has 15 heteroatoms. The molecule has 2 aliphatic rings. The highest BCUT2D eigenvalue weighted by Crippen LogP contribution is 2.35. The number of rotatable bonds is 7. The number of carboxylic acids is 1. The maximum absolute atomic E-state index is 12.9. The highest BCUT2D eigenvalue weighted by molar-refractivity contribution is 5.86. The van der Waals surface area contributed by atoms with Crippen LogP contribution in [0.2, 0.25) is 0 Å². The van der Waals surface area contributed by atoms with Gasteiger partial charge in [0, 0.05) is 23.8 Å². The van der Waals surface area contributed by atoms with Crippen LogP contribution in [0.4, 0.5) is 0 Å². The summed E-state index contributed by atoms with van der Waals surface area (Å²) in [5.74, 6) is -1.70. The van der Waals surface area contributed by atoms with E-state index in [4.69, 9.17) is 28.1 Å². The van der Waals surface area contributed by atoms with Crippen LogP contribution in [0.25, 0.3) is 22.3 Å². The molecule has 2 fully saturated rings. The van der Waals surface area contributed by atoms with E-state index in [1.807, 2.05) is 0 Å². The number of aliphatic carboxylic acids is 1. The third kappa shape index (κ3) is 5.89. The maximum Gasteiger partial charge on any atom is 0.335 e. The number of methoxy groups -OCH3 is 1. The molecule has 0 amide bonds. The number of aliphatic hydroxyl groups is 5. The number of ether oxygens (including phenoxy) is 5. The average molecular weight is 607 g/mol. The van der Waals surface area contributed by atoms with E-state index in [1.54, 1.807) is 24.3 Å². The van der Waals surface area contributed by atoms with Crippen LogP contribution in [0.15, 0.2) is 51.7 Å². The molecule has 10 atom stereocenters. The van der Waals surface area contributed by atoms with Crippen molar-refractivity contribution in [1.29, 1.82) is 0 Å². The zero-order chi connectivity index (χ0) is 31.2. The molecule has 43 heavy (non-hydrogen) atoms. The van der Waals surface area contributed by atoms with Gasteiger partial charge in [0.25, 0.3) is 0 Å². The highest BCUT2D eigenvalue weighted by atomic mass is 16.8. The van der Waals surface area contributed by atoms with E-state index in [9.17, 15) is 45.3 Å². The van der Waals surface area contributed by atoms with Gasteiger partial charge in [-0.3, -0.25) is 4.79 Å². The van der Waals surface area contributed by atoms with E-state index in [-0.39, 0.29) is 22.5 Å². The molecule has 7 N–H and O–H groups in total. The van der Waals surface area contributed by atoms with E-state index in [0.717, 1.165) is 6.07 Å². The summed E-state index contributed by atoms with van der Waals surface area (Å²) >= 11 is 0. The van der Waals surface area contributed by atoms with Crippen molar-refractivity contribution in [3.63, 3.8) is 0 Å². The smallest absolute Gasteiger partial charge is 0.335 e. The Hall–Kier alpha value is -3.80. The molecule has 0 saturated carbocycles. The summed E-state index contributed by atoms with van der Waals surface area (Å²) in [6.45, 7) is 1.39. The third-order valence-electron chi connectivity index (χ3n) is 7.30. The highest BCUT2D eigenvalue weighted by Gasteiger charge is 2.52. The molecule has 0 aliphatic carbocycles. The van der Waals surface area contributed by atoms with E-state index < -0.39 is 78.6 Å². The molecular weight excluding hydrogens is 576 g/mol. The Balaban J connectivity index is 1.49. The van der Waals surface area contributed by atoms with Crippen LogP contribution < -0.4 is 14.9 Å². The van der Waals surface area contributed by atoms with E-state index in [2.05, 4.69) is 0 Å². The van der Waals surface area contributed by atoms with Crippen molar-refractivity contribution in [2.24, 2.45) is 0 Å². The first-order chi connectivity index (χ1) is 20.4. The fraction of sp³-hybridized carbons (Fsp3) is 0.429. The number of aromatic hydroxyl groups is 1. The molecule has 0 radical (unpaired) electrons. The van der Waals surface area contributed by atoms with E-state index in [1.165, 1.54) is 26.2 Å². The van der Waals surface area contributed by atoms with Gasteiger partial charge in [-0.2, -0.15) is 0 Å². The van der Waals surface area contributed by atoms with Crippen LogP contribution in [0, 0.1) is 0 Å². The Labute approximate surface area is 242 Å². The monoisotopic (exact) mass is 606 g/mol. The van der Waals surface area contributed by atoms with Crippen LogP contribution in [-0.2, 0) is 19.0 Å². The van der Waals surface area contributed by atoms with Crippen LogP contribution >= 0.6 is 0 Å². The van der Waals surface area contributed by atoms with Gasteiger partial charge in [0.05, 0.1) is 13.2 Å². The summed E-state index contributed by atoms with van der Waals surface area (Å²) < 4.78 is 33.2. The summed E-state index contributed by atoms with van der Waals surface area (Å²) in [7, 11) is 1.50. The van der Waals surface area contributed by atoms with Gasteiger partial charge in [-0.1, -0.05) is 0 Å². The molecule has 2 aromatic carbocycles. The zero-order valence-electron chi connectivity index (χ0n) is 22.7. The van der Waals surface area contributed by atoms with Gasteiger partial charge >= 0.3 is 5.97 Å². The predicted octanol–water partition coefficient (Wildman–Crippen LogP) is -0.703. The van der Waals surface area contributed by atoms with Crippen LogP contribution in [0.1, 0.15) is 6.92 Å². The number of hydrogen-bond acceptors (Lipinski definition) is 14. The molecule has 3 aromatic rings. The molecule has 15 nitrogen and oxygen atoms in total. The van der Waals surface area contributed by atoms with Crippen LogP contribution in [0.3, 0.4) is 0 Å². The zero-order valence-corrected chi connectivity index (χ0v) is 22.7. The first-order valence-corrected chi connectivity index (χ1v) is 13.1. The Bertz CT molecular complexity index is 1520. The number of hydrogen-bond donors (Lipinski definition) is 7. The number of benzene rings is 2. The SMILES string of the molecule is COc1ccc(-c2cc(=O)c3c(O)cc(O[C@@H]4O[C@H](C(=O)O)[C@@H](O)[C@H](O)[C@H]4O[C@@H]4O[C@@H](C)[C@H](O)[C@@H](O)[C@H]4O)cc3o2)cc1. The predicted molar refractivity (Wildman–Crippen MR) is 142 cm³/mol. The van der Waals surface area contributed by atoms with E-state index in [0.29, 0.717) is 11.3 Å². The Morgan fingerprint density at radius 3 is 2.19 bits per heavy atom. The van der Waals surface area contributed by atoms with Gasteiger partial charge in [-0.25, -0.2) is 4.79 Å². The first kappa shape index (κ1) is 30.7. The van der Waals surface area contributed by atoms with Crippen LogP contribution in [-0.4, -0.2) is 110 Å². The van der Waals surface area contributed by atoms with Crippen molar-refractivity contribution in [3.8, 4) is 28.6 Å². The minimum absolute atomic E-state index is 0.117. The quantitative estimate of drug-likeness (QED) is 0.176. The number of fused-ring (bicyclic) bond motifs is 1. The largest absolute Gasteiger partial charge is 0.507 e. The second kappa shape index (κ2) is 12.1. The number of carboxylic acid groups (broad SMARTS) is 1. The van der Waals surface area contributed by atoms with E-state index >= 15 is 0 Å². The molecule has 0 unspecified atom stereocenters. The minimum Gasteiger partial charge on any atom is -0.507 e. The van der Waals surface area contributed by atoms with Gasteiger partial charge in [0.2, 0.25) is 6.29 Å². The molecule has 5 rings (SSSR count). The Morgan fingerprint density at radius 2 is 1.53 bits per heavy atom. The fourth-order valence-electron chi connectivity index (χ4n) is 4.90. The first-order valence-electron chi connectivity index (χ1n) is 13.1. The molecule has 0 spiro atoms. The summed E-state index contributed by atoms with van der Waals surface area (Å²) in [5, 5.41) is 71.7. The Morgan fingerprint density at radius 1 is 0.837 bits per heavy atom. The molecule has 2 saturated heterocycles. The lowest BCUT2D eigenvalue weighted by atomic mass is 9.97. The van der Waals surface area contributed by atoms with Gasteiger partial charge in [0.15, 0.2) is 23.9 Å². The van der Waals surface area contributed by atoms with Crippen molar-refractivity contribution in [2.45, 2.75) is 68.3 Å². The molecule has 0 bridgehead atoms. The normalized spacial score (nSPS) is 32.8. The lowest BCUT2D eigenvalue weighted by Gasteiger charge is -2.45. The van der Waals surface area contributed by atoms with Crippen molar-refractivity contribution in [2.75, 3.05) is 7.11 Å². The van der Waals surface area contributed by atoms with Crippen LogP contribution in [0.5, 0.6) is 17.2 Å². The number of phenols is 1. The summed E-state index contributed by atoms with van der Waals surface area (Å²) in [6.07, 6.45) is -17.2. The lowest BCUT2D eigenvalue weighted by Crippen LogP contribution is -2.65. The maximum atomic E-state index is 12.9. The number of phenolic OH excluding ortho intramolecular Hbond substituents is 1. The fourth-order valence-corrected chi connectivity index (χ4v) is 4.90. The van der Waals surface area contributed by atoms with Crippen molar-refractivity contribution in [1.82, 2.24) is 0 Å². The number of aliphatic hydroxyl groups excluding tert-OH is 5. The van der Waals surface area contributed by atoms with Gasteiger partial charge < -0.3 is 63.8 Å². The van der Waals surface area contributed by atoms with Crippen molar-refractivity contribution >= 4 is 16.9 Å². The Kier molecular flexibility index (Phi) is 8.60. The van der Waals surface area contributed by atoms with Crippen molar-refractivity contribution < 1.29 is 68.6 Å². The third-order valence-corrected chi connectivity index (χ3v) is 7.30. The standard InChI is InChI=1S/C28H30O15/c1-10-19(31)20(32)23(35)27(39-10)43-25-22(34)21(33)24(26(36)37)42-28(25)40-13-7-14(29)18-15(30)9-16(41-17(18)8-13)11-3-5-12(38-2)6-4-11/h3-10,19-25,27-29,31-35H,1-2H3,(H,36,37)/t10-,19-,20+,21-,22-,23+,24-,25+,27-,28+/m0/s1. The molecule has 1 aromatic heterocycles. The number of carbonyl (C=O) groups is 1.